The van der Waals surface area contributed by atoms with Gasteiger partial charge in [0.15, 0.2) is 10.8 Å². The second-order valence-corrected chi connectivity index (χ2v) is 8.68. The molecule has 0 bridgehead atoms. The van der Waals surface area contributed by atoms with Gasteiger partial charge in [0.1, 0.15) is 0 Å². The average molecular weight is 379 g/mol. The summed E-state index contributed by atoms with van der Waals surface area (Å²) in [5, 5.41) is 14.5. The third-order valence-corrected chi connectivity index (χ3v) is 6.63. The molecule has 2 N–H and O–H groups in total. The number of amides is 1. The largest absolute Gasteiger partial charge is 0.476 e. The number of carbonyl (C=O) groups excluding carboxylic acids is 1. The van der Waals surface area contributed by atoms with Crippen molar-refractivity contribution >= 4 is 28.3 Å². The van der Waals surface area contributed by atoms with E-state index in [1.165, 1.54) is 24.2 Å². The highest BCUT2D eigenvalue weighted by Gasteiger charge is 2.44. The second kappa shape index (κ2) is 7.15. The van der Waals surface area contributed by atoms with Crippen molar-refractivity contribution in [3.05, 3.63) is 11.1 Å². The highest BCUT2D eigenvalue weighted by molar-refractivity contribution is 7.13. The van der Waals surface area contributed by atoms with Gasteiger partial charge in [0.05, 0.1) is 12.1 Å². The molecule has 1 aromatic rings. The average Bonchev–Trinajstić information content (AvgIpc) is 3.11. The predicted molar refractivity (Wildman–Crippen MR) is 97.6 cm³/mol. The molecule has 0 spiro atoms. The zero-order chi connectivity index (χ0) is 18.3. The van der Waals surface area contributed by atoms with Crippen molar-refractivity contribution in [2.24, 2.45) is 17.8 Å². The molecule has 0 aromatic carbocycles. The Labute approximate surface area is 156 Å². The van der Waals surface area contributed by atoms with Gasteiger partial charge in [-0.1, -0.05) is 0 Å². The van der Waals surface area contributed by atoms with E-state index in [2.05, 4.69) is 15.2 Å². The number of rotatable bonds is 6. The smallest absolute Gasteiger partial charge is 0.355 e. The molecule has 4 atom stereocenters. The summed E-state index contributed by atoms with van der Waals surface area (Å²) in [6.45, 7) is 4.11. The number of fused-ring (bicyclic) bond motifs is 1. The van der Waals surface area contributed by atoms with Gasteiger partial charge in [0.25, 0.3) is 0 Å². The number of hydrogen-bond donors (Lipinski definition) is 2. The van der Waals surface area contributed by atoms with Crippen molar-refractivity contribution in [1.29, 1.82) is 0 Å². The van der Waals surface area contributed by atoms with Crippen LogP contribution >= 0.6 is 11.3 Å². The molecule has 2 aliphatic carbocycles. The van der Waals surface area contributed by atoms with Gasteiger partial charge in [-0.2, -0.15) is 0 Å². The molecule has 0 unspecified atom stereocenters. The van der Waals surface area contributed by atoms with E-state index in [0.717, 1.165) is 37.7 Å². The van der Waals surface area contributed by atoms with E-state index in [0.29, 0.717) is 17.8 Å². The number of anilines is 1. The van der Waals surface area contributed by atoms with Gasteiger partial charge in [-0.3, -0.25) is 4.79 Å². The van der Waals surface area contributed by atoms with Crippen LogP contribution in [0.25, 0.3) is 0 Å². The Kier molecular flexibility index (Phi) is 4.88. The van der Waals surface area contributed by atoms with Gasteiger partial charge in [-0.15, -0.1) is 11.3 Å². The summed E-state index contributed by atoms with van der Waals surface area (Å²) in [5.41, 5.74) is 0.113. The van der Waals surface area contributed by atoms with E-state index in [4.69, 9.17) is 9.84 Å². The van der Waals surface area contributed by atoms with Crippen LogP contribution in [0.5, 0.6) is 0 Å². The van der Waals surface area contributed by atoms with Gasteiger partial charge in [0, 0.05) is 32.0 Å². The molecule has 8 heteroatoms. The quantitative estimate of drug-likeness (QED) is 0.785. The lowest BCUT2D eigenvalue weighted by molar-refractivity contribution is -0.122. The molecular formula is C18H25N3O4S. The highest BCUT2D eigenvalue weighted by Crippen LogP contribution is 2.41. The van der Waals surface area contributed by atoms with Crippen LogP contribution in [0.1, 0.15) is 43.1 Å². The fraction of sp³-hybridized carbons (Fsp3) is 0.722. The minimum Gasteiger partial charge on any atom is -0.476 e. The van der Waals surface area contributed by atoms with Gasteiger partial charge < -0.3 is 20.1 Å². The van der Waals surface area contributed by atoms with Crippen LogP contribution in [0.15, 0.2) is 5.38 Å². The summed E-state index contributed by atoms with van der Waals surface area (Å²) in [6.07, 6.45) is 4.44. The zero-order valence-corrected chi connectivity index (χ0v) is 15.7. The molecule has 3 fully saturated rings. The number of hydrogen-bond acceptors (Lipinski definition) is 6. The maximum absolute atomic E-state index is 11.6. The third-order valence-electron chi connectivity index (χ3n) is 5.73. The lowest BCUT2D eigenvalue weighted by atomic mass is 9.77. The lowest BCUT2D eigenvalue weighted by Gasteiger charge is -2.38. The van der Waals surface area contributed by atoms with Crippen LogP contribution in [0.2, 0.25) is 0 Å². The fourth-order valence-electron chi connectivity index (χ4n) is 4.22. The number of aromatic carboxylic acids is 1. The first-order valence-electron chi connectivity index (χ1n) is 9.32. The van der Waals surface area contributed by atoms with E-state index in [1.54, 1.807) is 12.3 Å². The Morgan fingerprint density at radius 1 is 1.35 bits per heavy atom. The zero-order valence-electron chi connectivity index (χ0n) is 14.9. The van der Waals surface area contributed by atoms with Crippen LogP contribution in [-0.2, 0) is 9.53 Å². The minimum absolute atomic E-state index is 0.00523. The van der Waals surface area contributed by atoms with Gasteiger partial charge in [-0.05, 0) is 43.4 Å². The molecule has 2 saturated carbocycles. The molecule has 3 aliphatic rings. The summed E-state index contributed by atoms with van der Waals surface area (Å²) < 4.78 is 6.18. The van der Waals surface area contributed by atoms with E-state index >= 15 is 0 Å². The first-order chi connectivity index (χ1) is 12.5. The number of ether oxygens (including phenoxy) is 1. The summed E-state index contributed by atoms with van der Waals surface area (Å²) in [6, 6.07) is 0.0679. The molecule has 7 nitrogen and oxygen atoms in total. The molecule has 4 rings (SSSR count). The summed E-state index contributed by atoms with van der Waals surface area (Å²) >= 11 is 1.39. The first kappa shape index (κ1) is 17.7. The van der Waals surface area contributed by atoms with Crippen molar-refractivity contribution < 1.29 is 19.4 Å². The van der Waals surface area contributed by atoms with Crippen molar-refractivity contribution in [3.8, 4) is 0 Å². The van der Waals surface area contributed by atoms with Gasteiger partial charge in [-0.25, -0.2) is 9.78 Å². The maximum atomic E-state index is 11.6. The number of carboxylic acids is 1. The minimum atomic E-state index is -0.983. The van der Waals surface area contributed by atoms with Crippen molar-refractivity contribution in [3.63, 3.8) is 0 Å². The van der Waals surface area contributed by atoms with Crippen LogP contribution in [0.3, 0.4) is 0 Å². The Bertz CT molecular complexity index is 690. The number of aromatic nitrogens is 1. The van der Waals surface area contributed by atoms with Gasteiger partial charge >= 0.3 is 5.97 Å². The Balaban J connectivity index is 1.43. The van der Waals surface area contributed by atoms with Crippen LogP contribution in [0, 0.1) is 17.8 Å². The van der Waals surface area contributed by atoms with E-state index in [9.17, 15) is 9.59 Å². The normalized spacial score (nSPS) is 30.9. The topological polar surface area (TPSA) is 91.8 Å². The Morgan fingerprint density at radius 2 is 2.08 bits per heavy atom. The molecule has 1 saturated heterocycles. The molecule has 0 radical (unpaired) electrons. The van der Waals surface area contributed by atoms with E-state index in [-0.39, 0.29) is 23.7 Å². The van der Waals surface area contributed by atoms with Crippen molar-refractivity contribution in [2.45, 2.75) is 44.8 Å². The number of carbonyl (C=O) groups is 2. The second-order valence-electron chi connectivity index (χ2n) is 7.84. The molecule has 1 aromatic heterocycles. The van der Waals surface area contributed by atoms with E-state index in [1.807, 2.05) is 0 Å². The van der Waals surface area contributed by atoms with Crippen molar-refractivity contribution in [2.75, 3.05) is 24.6 Å². The molecule has 2 heterocycles. The third kappa shape index (κ3) is 3.86. The summed E-state index contributed by atoms with van der Waals surface area (Å²) in [4.78, 5) is 29.1. The SMILES string of the molecule is CC(=O)N[C@@H]1C[C@@H]2CN(c3nc(C(=O)O)cs3)C[C@@H]2C[C@H]1OCC1CC1. The first-order valence-corrected chi connectivity index (χ1v) is 10.2. The lowest BCUT2D eigenvalue weighted by Crippen LogP contribution is -2.50. The van der Waals surface area contributed by atoms with Crippen LogP contribution in [0.4, 0.5) is 5.13 Å². The number of nitrogens with one attached hydrogen (secondary N) is 1. The molecule has 1 amide bonds. The Morgan fingerprint density at radius 3 is 2.69 bits per heavy atom. The molecule has 142 valence electrons. The summed E-state index contributed by atoms with van der Waals surface area (Å²) in [7, 11) is 0. The number of thiazole rings is 1. The monoisotopic (exact) mass is 379 g/mol. The highest BCUT2D eigenvalue weighted by atomic mass is 32.1. The van der Waals surface area contributed by atoms with Crippen molar-refractivity contribution in [1.82, 2.24) is 10.3 Å². The molecule has 1 aliphatic heterocycles. The van der Waals surface area contributed by atoms with Gasteiger partial charge in [0.2, 0.25) is 5.91 Å². The van der Waals surface area contributed by atoms with Crippen LogP contribution in [-0.4, -0.2) is 53.8 Å². The molecular weight excluding hydrogens is 354 g/mol. The van der Waals surface area contributed by atoms with Crippen LogP contribution < -0.4 is 10.2 Å². The predicted octanol–water partition coefficient (Wildman–Crippen LogP) is 1.99. The fourth-order valence-corrected chi connectivity index (χ4v) is 5.04. The Hall–Kier alpha value is -1.67. The number of carboxylic acid groups (broad SMARTS) is 1. The molecule has 26 heavy (non-hydrogen) atoms. The van der Waals surface area contributed by atoms with E-state index < -0.39 is 5.97 Å². The standard InChI is InChI=1S/C18H25N3O4S/c1-10(22)19-14-4-12-6-21(18-20-15(9-26-18)17(23)24)7-13(12)5-16(14)25-8-11-2-3-11/h9,11-14,16H,2-8H2,1H3,(H,19,22)(H,23,24)/t12-,13+,14-,16-/m1/s1. The summed E-state index contributed by atoms with van der Waals surface area (Å²) in [5.74, 6) is 0.694. The maximum Gasteiger partial charge on any atom is 0.355 e. The number of nitrogens with zero attached hydrogens (tertiary/aromatic N) is 2.